The Kier molecular flexibility index (Phi) is 8.14. The van der Waals surface area contributed by atoms with E-state index in [0.717, 1.165) is 18.6 Å². The zero-order valence-electron chi connectivity index (χ0n) is 12.2. The third kappa shape index (κ3) is 5.30. The molecule has 0 saturated heterocycles. The minimum Gasteiger partial charge on any atom is -0.428 e. The minimum absolute atomic E-state index is 0. The maximum atomic E-state index is 12.7. The van der Waals surface area contributed by atoms with Crippen LogP contribution in [0.1, 0.15) is 31.9 Å². The number of halogens is 5. The summed E-state index contributed by atoms with van der Waals surface area (Å²) in [4.78, 5) is 0. The molecule has 0 aliphatic heterocycles. The molecular weight excluding hydrogens is 326 g/mol. The Morgan fingerprint density at radius 1 is 1.23 bits per heavy atom. The van der Waals surface area contributed by atoms with E-state index in [-0.39, 0.29) is 18.3 Å². The highest BCUT2D eigenvalue weighted by molar-refractivity contribution is 5.85. The molecule has 128 valence electrons. The van der Waals surface area contributed by atoms with Crippen LogP contribution in [0.5, 0.6) is 5.75 Å². The van der Waals surface area contributed by atoms with Gasteiger partial charge in [0.1, 0.15) is 5.75 Å². The summed E-state index contributed by atoms with van der Waals surface area (Å²) >= 11 is 0. The molecule has 0 fully saturated rings. The average molecular weight is 346 g/mol. The zero-order valence-corrected chi connectivity index (χ0v) is 13.0. The van der Waals surface area contributed by atoms with E-state index in [1.54, 1.807) is 0 Å². The molecule has 1 rings (SSSR count). The molecule has 3 atom stereocenters. The van der Waals surface area contributed by atoms with E-state index in [1.807, 2.05) is 13.8 Å². The number of hydrogen-bond acceptors (Lipinski definition) is 3. The second kappa shape index (κ2) is 8.55. The van der Waals surface area contributed by atoms with Crippen molar-refractivity contribution < 1.29 is 27.4 Å². The number of rotatable bonds is 7. The normalized spacial score (nSPS) is 15.9. The van der Waals surface area contributed by atoms with E-state index in [4.69, 9.17) is 5.73 Å². The van der Waals surface area contributed by atoms with Crippen molar-refractivity contribution in [3.63, 3.8) is 0 Å². The van der Waals surface area contributed by atoms with Crippen LogP contribution in [0.2, 0.25) is 0 Å². The number of benzene rings is 1. The van der Waals surface area contributed by atoms with Gasteiger partial charge in [-0.2, -0.15) is 17.6 Å². The van der Waals surface area contributed by atoms with Gasteiger partial charge in [0.15, 0.2) is 0 Å². The van der Waals surface area contributed by atoms with E-state index in [0.29, 0.717) is 5.56 Å². The summed E-state index contributed by atoms with van der Waals surface area (Å²) < 4.78 is 53.4. The molecule has 0 bridgehead atoms. The van der Waals surface area contributed by atoms with Gasteiger partial charge in [-0.15, -0.1) is 12.4 Å². The van der Waals surface area contributed by atoms with Gasteiger partial charge in [-0.1, -0.05) is 32.4 Å². The highest BCUT2D eigenvalue weighted by Crippen LogP contribution is 2.29. The summed E-state index contributed by atoms with van der Waals surface area (Å²) in [7, 11) is 0. The van der Waals surface area contributed by atoms with E-state index in [2.05, 4.69) is 4.74 Å². The Hall–Kier alpha value is -1.05. The van der Waals surface area contributed by atoms with Crippen LogP contribution in [-0.4, -0.2) is 23.7 Å². The number of aliphatic hydroxyl groups excluding tert-OH is 1. The lowest BCUT2D eigenvalue weighted by Gasteiger charge is -2.24. The number of alkyl halides is 4. The fourth-order valence-corrected chi connectivity index (χ4v) is 1.75. The van der Waals surface area contributed by atoms with Gasteiger partial charge in [0.25, 0.3) is 0 Å². The van der Waals surface area contributed by atoms with Crippen molar-refractivity contribution in [2.24, 2.45) is 11.7 Å². The fraction of sp³-hybridized carbons (Fsp3) is 0.571. The van der Waals surface area contributed by atoms with Crippen LogP contribution >= 0.6 is 12.4 Å². The summed E-state index contributed by atoms with van der Waals surface area (Å²) in [6.45, 7) is 3.75. The summed E-state index contributed by atoms with van der Waals surface area (Å²) in [6.07, 6.45) is -8.51. The zero-order chi connectivity index (χ0) is 16.2. The molecule has 1 aromatic carbocycles. The molecule has 0 aromatic heterocycles. The summed E-state index contributed by atoms with van der Waals surface area (Å²) in [5.74, 6) is -0.423. The van der Waals surface area contributed by atoms with Crippen LogP contribution < -0.4 is 10.5 Å². The minimum atomic E-state index is -4.54. The molecule has 0 heterocycles. The molecular formula is C14H20ClF4NO2. The molecule has 0 spiro atoms. The predicted molar refractivity (Wildman–Crippen MR) is 77.7 cm³/mol. The first kappa shape index (κ1) is 20.9. The lowest BCUT2D eigenvalue weighted by atomic mass is 9.92. The quantitative estimate of drug-likeness (QED) is 0.740. The average Bonchev–Trinajstić information content (AvgIpc) is 2.45. The first-order valence-corrected chi connectivity index (χ1v) is 6.57. The van der Waals surface area contributed by atoms with Gasteiger partial charge in [-0.3, -0.25) is 0 Å². The Morgan fingerprint density at radius 2 is 1.73 bits per heavy atom. The Morgan fingerprint density at radius 3 is 2.14 bits per heavy atom. The van der Waals surface area contributed by atoms with Crippen LogP contribution in [0.3, 0.4) is 0 Å². The van der Waals surface area contributed by atoms with Crippen molar-refractivity contribution in [1.82, 2.24) is 0 Å². The fourth-order valence-electron chi connectivity index (χ4n) is 1.75. The van der Waals surface area contributed by atoms with Gasteiger partial charge < -0.3 is 15.6 Å². The number of aliphatic hydroxyl groups is 1. The smallest absolute Gasteiger partial charge is 0.428 e. The Bertz CT molecular complexity index is 445. The van der Waals surface area contributed by atoms with Gasteiger partial charge in [0.05, 0.1) is 12.1 Å². The standard InChI is InChI=1S/C14H19F4NO2.ClH/c1-3-8(2)12(20)11(19)9-4-6-10(7-5-9)21-14(17,18)13(15)16;/h4-8,11-13,20H,3,19H2,1-2H3;1H/t8?,11-,12+;/m1./s1. The van der Waals surface area contributed by atoms with Crippen molar-refractivity contribution in [3.05, 3.63) is 29.8 Å². The highest BCUT2D eigenvalue weighted by Gasteiger charge is 2.43. The Balaban J connectivity index is 0.00000441. The first-order valence-electron chi connectivity index (χ1n) is 6.57. The molecule has 0 aliphatic rings. The lowest BCUT2D eigenvalue weighted by Crippen LogP contribution is -2.33. The number of hydrogen-bond donors (Lipinski definition) is 2. The van der Waals surface area contributed by atoms with Gasteiger partial charge in [0.2, 0.25) is 0 Å². The Labute approximate surface area is 132 Å². The monoisotopic (exact) mass is 345 g/mol. The van der Waals surface area contributed by atoms with Crippen LogP contribution in [0, 0.1) is 5.92 Å². The van der Waals surface area contributed by atoms with Crippen molar-refractivity contribution in [3.8, 4) is 5.75 Å². The summed E-state index contributed by atoms with van der Waals surface area (Å²) in [6, 6.07) is 4.29. The SMILES string of the molecule is CCC(C)[C@H](O)[C@H](N)c1ccc(OC(F)(F)C(F)F)cc1.Cl. The van der Waals surface area contributed by atoms with Crippen molar-refractivity contribution in [2.45, 2.75) is 44.9 Å². The van der Waals surface area contributed by atoms with Crippen molar-refractivity contribution in [1.29, 1.82) is 0 Å². The molecule has 0 amide bonds. The predicted octanol–water partition coefficient (Wildman–Crippen LogP) is 3.75. The number of ether oxygens (including phenoxy) is 1. The van der Waals surface area contributed by atoms with E-state index in [9.17, 15) is 22.7 Å². The molecule has 1 unspecified atom stereocenters. The lowest BCUT2D eigenvalue weighted by molar-refractivity contribution is -0.253. The van der Waals surface area contributed by atoms with Crippen molar-refractivity contribution >= 4 is 12.4 Å². The maximum Gasteiger partial charge on any atom is 0.461 e. The summed E-state index contributed by atoms with van der Waals surface area (Å²) in [5, 5.41) is 9.99. The van der Waals surface area contributed by atoms with Crippen LogP contribution in [-0.2, 0) is 0 Å². The molecule has 8 heteroatoms. The topological polar surface area (TPSA) is 55.5 Å². The molecule has 22 heavy (non-hydrogen) atoms. The third-order valence-electron chi connectivity index (χ3n) is 3.37. The molecule has 1 aromatic rings. The first-order chi connectivity index (χ1) is 9.69. The highest BCUT2D eigenvalue weighted by atomic mass is 35.5. The van der Waals surface area contributed by atoms with E-state index in [1.165, 1.54) is 12.1 Å². The van der Waals surface area contributed by atoms with Gasteiger partial charge in [0, 0.05) is 0 Å². The molecule has 3 nitrogen and oxygen atoms in total. The van der Waals surface area contributed by atoms with Crippen LogP contribution in [0.4, 0.5) is 17.6 Å². The number of nitrogens with two attached hydrogens (primary N) is 1. The van der Waals surface area contributed by atoms with Gasteiger partial charge in [-0.25, -0.2) is 0 Å². The third-order valence-corrected chi connectivity index (χ3v) is 3.37. The van der Waals surface area contributed by atoms with Crippen molar-refractivity contribution in [2.75, 3.05) is 0 Å². The largest absolute Gasteiger partial charge is 0.461 e. The van der Waals surface area contributed by atoms with Crippen LogP contribution in [0.25, 0.3) is 0 Å². The second-order valence-corrected chi connectivity index (χ2v) is 4.94. The van der Waals surface area contributed by atoms with E-state index < -0.39 is 30.4 Å². The second-order valence-electron chi connectivity index (χ2n) is 4.94. The summed E-state index contributed by atoms with van der Waals surface area (Å²) in [5.41, 5.74) is 6.39. The maximum absolute atomic E-state index is 12.7. The van der Waals surface area contributed by atoms with Gasteiger partial charge >= 0.3 is 12.5 Å². The van der Waals surface area contributed by atoms with Crippen LogP contribution in [0.15, 0.2) is 24.3 Å². The van der Waals surface area contributed by atoms with Gasteiger partial charge in [-0.05, 0) is 23.6 Å². The molecule has 0 saturated carbocycles. The van der Waals surface area contributed by atoms with E-state index >= 15 is 0 Å². The molecule has 0 aliphatic carbocycles. The molecule has 3 N–H and O–H groups in total. The molecule has 0 radical (unpaired) electrons.